The van der Waals surface area contributed by atoms with Crippen LogP contribution in [0.1, 0.15) is 13.8 Å². The zero-order valence-corrected chi connectivity index (χ0v) is 8.26. The van der Waals surface area contributed by atoms with Gasteiger partial charge in [-0.05, 0) is 19.4 Å². The SMILES string of the molecule is CC(C(=O)NC(C)C(=O)O)=C1CNC1. The van der Waals surface area contributed by atoms with Crippen molar-refractivity contribution < 1.29 is 14.7 Å². The van der Waals surface area contributed by atoms with Gasteiger partial charge >= 0.3 is 5.97 Å². The van der Waals surface area contributed by atoms with Gasteiger partial charge in [0.15, 0.2) is 0 Å². The van der Waals surface area contributed by atoms with Gasteiger partial charge in [0.05, 0.1) is 0 Å². The average Bonchev–Trinajstić information content (AvgIpc) is 2.00. The molecule has 0 radical (unpaired) electrons. The summed E-state index contributed by atoms with van der Waals surface area (Å²) in [7, 11) is 0. The molecule has 1 saturated heterocycles. The van der Waals surface area contributed by atoms with Gasteiger partial charge in [0.2, 0.25) is 5.91 Å². The van der Waals surface area contributed by atoms with Crippen LogP contribution in [0, 0.1) is 0 Å². The molecule has 1 aliphatic heterocycles. The first kappa shape index (κ1) is 10.7. The number of amides is 1. The Hall–Kier alpha value is -1.36. The molecule has 0 saturated carbocycles. The molecule has 1 unspecified atom stereocenters. The van der Waals surface area contributed by atoms with Crippen molar-refractivity contribution in [2.24, 2.45) is 0 Å². The zero-order chi connectivity index (χ0) is 10.7. The first-order chi connectivity index (χ1) is 6.52. The van der Waals surface area contributed by atoms with Gasteiger partial charge in [0, 0.05) is 18.7 Å². The van der Waals surface area contributed by atoms with E-state index in [2.05, 4.69) is 10.6 Å². The maximum atomic E-state index is 11.4. The first-order valence-electron chi connectivity index (χ1n) is 4.45. The second kappa shape index (κ2) is 4.23. The summed E-state index contributed by atoms with van der Waals surface area (Å²) in [5.74, 6) is -1.32. The lowest BCUT2D eigenvalue weighted by Gasteiger charge is -2.22. The number of carboxylic acid groups (broad SMARTS) is 1. The second-order valence-electron chi connectivity index (χ2n) is 3.37. The van der Waals surface area contributed by atoms with Crippen LogP contribution in [0.5, 0.6) is 0 Å². The van der Waals surface area contributed by atoms with E-state index in [0.717, 1.165) is 18.7 Å². The molecule has 14 heavy (non-hydrogen) atoms. The summed E-state index contributed by atoms with van der Waals surface area (Å²) in [6, 6.07) is -0.842. The maximum absolute atomic E-state index is 11.4. The van der Waals surface area contributed by atoms with E-state index in [4.69, 9.17) is 5.11 Å². The van der Waals surface area contributed by atoms with E-state index in [1.807, 2.05) is 0 Å². The highest BCUT2D eigenvalue weighted by atomic mass is 16.4. The van der Waals surface area contributed by atoms with E-state index in [-0.39, 0.29) is 5.91 Å². The normalized spacial score (nSPS) is 16.9. The van der Waals surface area contributed by atoms with Crippen LogP contribution in [0.25, 0.3) is 0 Å². The Balaban J connectivity index is 2.54. The summed E-state index contributed by atoms with van der Waals surface area (Å²) < 4.78 is 0. The van der Waals surface area contributed by atoms with Gasteiger partial charge in [0.1, 0.15) is 6.04 Å². The molecule has 1 atom stereocenters. The predicted octanol–water partition coefficient (Wildman–Crippen LogP) is -0.505. The van der Waals surface area contributed by atoms with Crippen LogP contribution in [-0.4, -0.2) is 36.1 Å². The molecule has 0 spiro atoms. The van der Waals surface area contributed by atoms with Gasteiger partial charge in [-0.15, -0.1) is 0 Å². The number of hydrogen-bond donors (Lipinski definition) is 3. The van der Waals surface area contributed by atoms with Crippen molar-refractivity contribution in [1.82, 2.24) is 10.6 Å². The molecule has 0 aromatic carbocycles. The Bertz CT molecular complexity index is 290. The molecular weight excluding hydrogens is 184 g/mol. The summed E-state index contributed by atoms with van der Waals surface area (Å²) in [5.41, 5.74) is 1.66. The lowest BCUT2D eigenvalue weighted by atomic mass is 10.0. The predicted molar refractivity (Wildman–Crippen MR) is 50.8 cm³/mol. The number of aliphatic carboxylic acids is 1. The van der Waals surface area contributed by atoms with Gasteiger partial charge in [0.25, 0.3) is 0 Å². The van der Waals surface area contributed by atoms with E-state index in [0.29, 0.717) is 5.57 Å². The molecule has 3 N–H and O–H groups in total. The summed E-state index contributed by atoms with van der Waals surface area (Å²) in [5, 5.41) is 14.0. The number of hydrogen-bond acceptors (Lipinski definition) is 3. The van der Waals surface area contributed by atoms with Gasteiger partial charge in [-0.1, -0.05) is 0 Å². The van der Waals surface area contributed by atoms with Gasteiger partial charge in [-0.2, -0.15) is 0 Å². The van der Waals surface area contributed by atoms with Crippen molar-refractivity contribution in [3.05, 3.63) is 11.1 Å². The molecule has 5 nitrogen and oxygen atoms in total. The van der Waals surface area contributed by atoms with Crippen LogP contribution in [0.3, 0.4) is 0 Å². The second-order valence-corrected chi connectivity index (χ2v) is 3.37. The van der Waals surface area contributed by atoms with Crippen LogP contribution >= 0.6 is 0 Å². The molecule has 0 bridgehead atoms. The molecule has 1 amide bonds. The topological polar surface area (TPSA) is 78.4 Å². The molecule has 5 heteroatoms. The smallest absolute Gasteiger partial charge is 0.325 e. The van der Waals surface area contributed by atoms with Crippen LogP contribution < -0.4 is 10.6 Å². The number of nitrogens with one attached hydrogen (secondary N) is 2. The molecule has 0 aromatic rings. The first-order valence-corrected chi connectivity index (χ1v) is 4.45. The Morgan fingerprint density at radius 1 is 1.50 bits per heavy atom. The van der Waals surface area contributed by atoms with Crippen molar-refractivity contribution >= 4 is 11.9 Å². The van der Waals surface area contributed by atoms with E-state index in [1.165, 1.54) is 6.92 Å². The lowest BCUT2D eigenvalue weighted by Crippen LogP contribution is -2.42. The molecule has 1 heterocycles. The molecular formula is C9H14N2O3. The lowest BCUT2D eigenvalue weighted by molar-refractivity contribution is -0.140. The van der Waals surface area contributed by atoms with Crippen molar-refractivity contribution in [3.8, 4) is 0 Å². The fourth-order valence-electron chi connectivity index (χ4n) is 1.04. The molecule has 1 rings (SSSR count). The zero-order valence-electron chi connectivity index (χ0n) is 8.26. The molecule has 78 valence electrons. The Kier molecular flexibility index (Phi) is 3.24. The largest absolute Gasteiger partial charge is 0.480 e. The highest BCUT2D eigenvalue weighted by Crippen LogP contribution is 2.08. The Morgan fingerprint density at radius 2 is 2.07 bits per heavy atom. The summed E-state index contributed by atoms with van der Waals surface area (Å²) in [6.07, 6.45) is 0. The van der Waals surface area contributed by atoms with Crippen molar-refractivity contribution in [2.45, 2.75) is 19.9 Å². The fourth-order valence-corrected chi connectivity index (χ4v) is 1.04. The van der Waals surface area contributed by atoms with Crippen molar-refractivity contribution in [3.63, 3.8) is 0 Å². The van der Waals surface area contributed by atoms with Gasteiger partial charge in [-0.25, -0.2) is 0 Å². The minimum atomic E-state index is -1.03. The maximum Gasteiger partial charge on any atom is 0.325 e. The Morgan fingerprint density at radius 3 is 2.43 bits per heavy atom. The van der Waals surface area contributed by atoms with Crippen LogP contribution in [0.15, 0.2) is 11.1 Å². The molecule has 1 fully saturated rings. The minimum absolute atomic E-state index is 0.295. The van der Waals surface area contributed by atoms with E-state index < -0.39 is 12.0 Å². The molecule has 0 aromatic heterocycles. The van der Waals surface area contributed by atoms with E-state index in [1.54, 1.807) is 6.92 Å². The van der Waals surface area contributed by atoms with Gasteiger partial charge in [-0.3, -0.25) is 9.59 Å². The van der Waals surface area contributed by atoms with Crippen molar-refractivity contribution in [2.75, 3.05) is 13.1 Å². The summed E-state index contributed by atoms with van der Waals surface area (Å²) in [4.78, 5) is 21.9. The van der Waals surface area contributed by atoms with Crippen LogP contribution in [0.2, 0.25) is 0 Å². The monoisotopic (exact) mass is 198 g/mol. The standard InChI is InChI=1S/C9H14N2O3/c1-5(7-3-10-4-7)8(12)11-6(2)9(13)14/h6,10H,3-4H2,1-2H3,(H,11,12)(H,13,14). The van der Waals surface area contributed by atoms with Crippen LogP contribution in [0.4, 0.5) is 0 Å². The van der Waals surface area contributed by atoms with Crippen LogP contribution in [-0.2, 0) is 9.59 Å². The summed E-state index contributed by atoms with van der Waals surface area (Å²) in [6.45, 7) is 4.60. The Labute approximate surface area is 82.2 Å². The molecule has 0 aliphatic carbocycles. The quantitative estimate of drug-likeness (QED) is 0.534. The highest BCUT2D eigenvalue weighted by molar-refractivity contribution is 5.96. The third-order valence-corrected chi connectivity index (χ3v) is 2.27. The number of carboxylic acids is 1. The molecule has 1 aliphatic rings. The van der Waals surface area contributed by atoms with Crippen molar-refractivity contribution in [1.29, 1.82) is 0 Å². The van der Waals surface area contributed by atoms with E-state index in [9.17, 15) is 9.59 Å². The fraction of sp³-hybridized carbons (Fsp3) is 0.556. The minimum Gasteiger partial charge on any atom is -0.480 e. The van der Waals surface area contributed by atoms with E-state index >= 15 is 0 Å². The van der Waals surface area contributed by atoms with Gasteiger partial charge < -0.3 is 15.7 Å². The number of carbonyl (C=O) groups excluding carboxylic acids is 1. The highest BCUT2D eigenvalue weighted by Gasteiger charge is 2.19. The summed E-state index contributed by atoms with van der Waals surface area (Å²) >= 11 is 0. The average molecular weight is 198 g/mol. The third-order valence-electron chi connectivity index (χ3n) is 2.27. The third kappa shape index (κ3) is 2.32. The number of carbonyl (C=O) groups is 2. The number of rotatable bonds is 3.